The van der Waals surface area contributed by atoms with Gasteiger partial charge >= 0.3 is 5.97 Å². The van der Waals surface area contributed by atoms with E-state index < -0.39 is 11.6 Å². The second-order valence-corrected chi connectivity index (χ2v) is 10.6. The Hall–Kier alpha value is -3.62. The highest BCUT2D eigenvalue weighted by Gasteiger charge is 2.39. The number of carbonyl (C=O) groups is 1. The number of carboxylic acid groups (broad SMARTS) is 1. The lowest BCUT2D eigenvalue weighted by Gasteiger charge is -2.33. The second kappa shape index (κ2) is 9.44. The fourth-order valence-corrected chi connectivity index (χ4v) is 5.68. The number of nitrogens with zero attached hydrogens (tertiary/aromatic N) is 3. The summed E-state index contributed by atoms with van der Waals surface area (Å²) in [6.45, 7) is 6.31. The monoisotopic (exact) mass is 500 g/mol. The first-order valence-electron chi connectivity index (χ1n) is 12.0. The van der Waals surface area contributed by atoms with Crippen LogP contribution in [0.2, 0.25) is 0 Å². The summed E-state index contributed by atoms with van der Waals surface area (Å²) >= 11 is 1.41. The summed E-state index contributed by atoms with van der Waals surface area (Å²) in [7, 11) is 0. The number of hydrogen-bond acceptors (Lipinski definition) is 7. The molecule has 0 aliphatic heterocycles. The highest BCUT2D eigenvalue weighted by molar-refractivity contribution is 7.15. The highest BCUT2D eigenvalue weighted by atomic mass is 32.1. The zero-order chi connectivity index (χ0) is 25.4. The van der Waals surface area contributed by atoms with Crippen LogP contribution < -0.4 is 5.32 Å². The fraction of sp³-hybridized carbons (Fsp3) is 0.286. The van der Waals surface area contributed by atoms with Crippen molar-refractivity contribution in [3.63, 3.8) is 0 Å². The quantitative estimate of drug-likeness (QED) is 0.296. The number of aryl methyl sites for hydroxylation is 2. The molecule has 0 unspecified atom stereocenters. The standard InChI is InChI=1S/C28H28N4O3S/c1-16(2)18-8-10-29-24(14-18)32-25-12-17(3)11-22(31-25)23-15-30-27(36-23)28(35)9-4-5-19-13-20(26(33)34)6-7-21(19)28/h6-8,10-16,35H,4-5,9H2,1-3H3,(H,33,34)(H,29,31,32)/t28-/m0/s1. The maximum absolute atomic E-state index is 11.7. The van der Waals surface area contributed by atoms with Gasteiger partial charge in [0.25, 0.3) is 0 Å². The number of nitrogens with one attached hydrogen (secondary N) is 1. The van der Waals surface area contributed by atoms with Gasteiger partial charge in [-0.1, -0.05) is 19.9 Å². The maximum Gasteiger partial charge on any atom is 0.335 e. The van der Waals surface area contributed by atoms with Gasteiger partial charge in [-0.3, -0.25) is 0 Å². The van der Waals surface area contributed by atoms with E-state index in [0.717, 1.165) is 45.9 Å². The average Bonchev–Trinajstić information content (AvgIpc) is 3.35. The molecule has 0 radical (unpaired) electrons. The predicted octanol–water partition coefficient (Wildman–Crippen LogP) is 6.05. The summed E-state index contributed by atoms with van der Waals surface area (Å²) < 4.78 is 0. The molecule has 1 atom stereocenters. The number of aliphatic hydroxyl groups is 1. The van der Waals surface area contributed by atoms with Gasteiger partial charge in [0.1, 0.15) is 22.2 Å². The molecule has 0 saturated heterocycles. The molecule has 0 saturated carbocycles. The van der Waals surface area contributed by atoms with Crippen LogP contribution in [0.15, 0.2) is 54.9 Å². The van der Waals surface area contributed by atoms with E-state index in [-0.39, 0.29) is 5.56 Å². The highest BCUT2D eigenvalue weighted by Crippen LogP contribution is 2.43. The van der Waals surface area contributed by atoms with Crippen molar-refractivity contribution in [3.05, 3.63) is 87.7 Å². The van der Waals surface area contributed by atoms with Crippen LogP contribution in [0.4, 0.5) is 11.6 Å². The molecule has 0 fully saturated rings. The van der Waals surface area contributed by atoms with Gasteiger partial charge in [0.15, 0.2) is 0 Å². The molecule has 1 aliphatic carbocycles. The van der Waals surface area contributed by atoms with E-state index in [1.807, 2.05) is 31.2 Å². The van der Waals surface area contributed by atoms with Gasteiger partial charge in [-0.25, -0.2) is 19.7 Å². The van der Waals surface area contributed by atoms with Crippen LogP contribution in [0.5, 0.6) is 0 Å². The number of aromatic nitrogens is 3. The Bertz CT molecular complexity index is 1450. The zero-order valence-electron chi connectivity index (χ0n) is 20.4. The van der Waals surface area contributed by atoms with E-state index in [0.29, 0.717) is 23.2 Å². The summed E-state index contributed by atoms with van der Waals surface area (Å²) in [5.41, 5.74) is 3.58. The Balaban J connectivity index is 1.46. The molecule has 0 bridgehead atoms. The summed E-state index contributed by atoms with van der Waals surface area (Å²) in [6.07, 6.45) is 5.57. The van der Waals surface area contributed by atoms with E-state index in [2.05, 4.69) is 29.1 Å². The first kappa shape index (κ1) is 24.1. The number of aromatic carboxylic acids is 1. The second-order valence-electron chi connectivity index (χ2n) is 9.59. The molecule has 3 heterocycles. The lowest BCUT2D eigenvalue weighted by Crippen LogP contribution is -2.32. The third-order valence-electron chi connectivity index (χ3n) is 6.57. The predicted molar refractivity (Wildman–Crippen MR) is 141 cm³/mol. The summed E-state index contributed by atoms with van der Waals surface area (Å²) in [5.74, 6) is 0.863. The normalized spacial score (nSPS) is 17.1. The van der Waals surface area contributed by atoms with Gasteiger partial charge in [0.2, 0.25) is 0 Å². The molecule has 1 aromatic carbocycles. The molecule has 36 heavy (non-hydrogen) atoms. The Labute approximate surface area is 213 Å². The lowest BCUT2D eigenvalue weighted by atomic mass is 9.79. The number of carboxylic acids is 1. The van der Waals surface area contributed by atoms with Crippen LogP contribution in [0, 0.1) is 6.92 Å². The molecular weight excluding hydrogens is 472 g/mol. The molecule has 1 aliphatic rings. The van der Waals surface area contributed by atoms with Gasteiger partial charge < -0.3 is 15.5 Å². The van der Waals surface area contributed by atoms with Gasteiger partial charge in [0, 0.05) is 12.4 Å². The van der Waals surface area contributed by atoms with Crippen LogP contribution in [0.25, 0.3) is 10.6 Å². The number of fused-ring (bicyclic) bond motifs is 1. The minimum atomic E-state index is -1.25. The maximum atomic E-state index is 11.7. The van der Waals surface area contributed by atoms with E-state index in [1.54, 1.807) is 30.6 Å². The van der Waals surface area contributed by atoms with Gasteiger partial charge in [-0.05, 0) is 90.8 Å². The zero-order valence-corrected chi connectivity index (χ0v) is 21.3. The van der Waals surface area contributed by atoms with Crippen molar-refractivity contribution in [2.75, 3.05) is 5.32 Å². The fourth-order valence-electron chi connectivity index (χ4n) is 4.68. The summed E-state index contributed by atoms with van der Waals surface area (Å²) in [6, 6.07) is 13.0. The third-order valence-corrected chi connectivity index (χ3v) is 7.74. The van der Waals surface area contributed by atoms with E-state index in [4.69, 9.17) is 4.98 Å². The summed E-state index contributed by atoms with van der Waals surface area (Å²) in [5, 5.41) is 25.0. The third kappa shape index (κ3) is 4.62. The Morgan fingerprint density at radius 3 is 2.72 bits per heavy atom. The minimum Gasteiger partial charge on any atom is -0.478 e. The lowest BCUT2D eigenvalue weighted by molar-refractivity contribution is 0.0607. The van der Waals surface area contributed by atoms with E-state index in [9.17, 15) is 15.0 Å². The van der Waals surface area contributed by atoms with Crippen LogP contribution >= 0.6 is 11.3 Å². The molecule has 0 spiro atoms. The number of rotatable bonds is 6. The smallest absolute Gasteiger partial charge is 0.335 e. The Morgan fingerprint density at radius 2 is 1.94 bits per heavy atom. The summed E-state index contributed by atoms with van der Waals surface area (Å²) in [4.78, 5) is 26.1. The molecule has 0 amide bonds. The van der Waals surface area contributed by atoms with Gasteiger partial charge in [-0.15, -0.1) is 11.3 Å². The number of benzene rings is 1. The van der Waals surface area contributed by atoms with Crippen LogP contribution in [-0.2, 0) is 12.0 Å². The van der Waals surface area contributed by atoms with Crippen molar-refractivity contribution in [3.8, 4) is 10.6 Å². The van der Waals surface area contributed by atoms with E-state index >= 15 is 0 Å². The first-order valence-corrected chi connectivity index (χ1v) is 12.8. The Kier molecular flexibility index (Phi) is 6.32. The van der Waals surface area contributed by atoms with Crippen molar-refractivity contribution in [1.29, 1.82) is 0 Å². The molecule has 5 rings (SSSR count). The van der Waals surface area contributed by atoms with Crippen molar-refractivity contribution in [2.24, 2.45) is 0 Å². The van der Waals surface area contributed by atoms with E-state index in [1.165, 1.54) is 16.9 Å². The van der Waals surface area contributed by atoms with Crippen LogP contribution in [0.3, 0.4) is 0 Å². The number of anilines is 2. The largest absolute Gasteiger partial charge is 0.478 e. The first-order chi connectivity index (χ1) is 17.2. The minimum absolute atomic E-state index is 0.232. The molecule has 3 N–H and O–H groups in total. The molecule has 4 aromatic rings. The number of hydrogen-bond donors (Lipinski definition) is 3. The number of pyridine rings is 2. The number of thiazole rings is 1. The topological polar surface area (TPSA) is 108 Å². The SMILES string of the molecule is Cc1cc(Nc2cc(C(C)C)ccn2)nc(-c2cnc([C@]3(O)CCCc4cc(C(=O)O)ccc43)s2)c1. The molecule has 8 heteroatoms. The van der Waals surface area contributed by atoms with Crippen molar-refractivity contribution >= 4 is 28.9 Å². The molecular formula is C28H28N4O3S. The van der Waals surface area contributed by atoms with Crippen molar-refractivity contribution < 1.29 is 15.0 Å². The van der Waals surface area contributed by atoms with Crippen LogP contribution in [-0.4, -0.2) is 31.1 Å². The molecule has 3 aromatic heterocycles. The average molecular weight is 501 g/mol. The van der Waals surface area contributed by atoms with Gasteiger partial charge in [-0.2, -0.15) is 0 Å². The molecule has 7 nitrogen and oxygen atoms in total. The van der Waals surface area contributed by atoms with Crippen LogP contribution in [0.1, 0.15) is 70.2 Å². The van der Waals surface area contributed by atoms with Gasteiger partial charge in [0.05, 0.1) is 16.1 Å². The molecule has 184 valence electrons. The van der Waals surface area contributed by atoms with Crippen molar-refractivity contribution in [1.82, 2.24) is 15.0 Å². The van der Waals surface area contributed by atoms with Crippen molar-refractivity contribution in [2.45, 2.75) is 51.6 Å². The Morgan fingerprint density at radius 1 is 1.11 bits per heavy atom.